The summed E-state index contributed by atoms with van der Waals surface area (Å²) >= 11 is 0. The van der Waals surface area contributed by atoms with Crippen LogP contribution in [0.2, 0.25) is 0 Å². The molecule has 2 aromatic rings. The lowest BCUT2D eigenvalue weighted by molar-refractivity contribution is 0.0698. The molecule has 2 rings (SSSR count). The van der Waals surface area contributed by atoms with Gasteiger partial charge in [0.15, 0.2) is 0 Å². The van der Waals surface area contributed by atoms with Gasteiger partial charge < -0.3 is 5.11 Å². The number of benzene rings is 1. The summed E-state index contributed by atoms with van der Waals surface area (Å²) in [5.41, 5.74) is 0.0691. The first-order valence-corrected chi connectivity index (χ1v) is 10.2. The van der Waals surface area contributed by atoms with Gasteiger partial charge >= 0.3 is 26.4 Å². The molecule has 2 N–H and O–H groups in total. The quantitative estimate of drug-likeness (QED) is 0.722. The maximum Gasteiger partial charge on any atom is 0.338 e. The number of hydrogen-bond acceptors (Lipinski definition) is 5. The zero-order valence-electron chi connectivity index (χ0n) is 14.9. The molecule has 0 fully saturated rings. The smallest absolute Gasteiger partial charge is 0.338 e. The Morgan fingerprint density at radius 3 is 2.12 bits per heavy atom. The zero-order chi connectivity index (χ0) is 20.0. The van der Waals surface area contributed by atoms with E-state index in [9.17, 15) is 26.7 Å². The van der Waals surface area contributed by atoms with Crippen LogP contribution >= 0.6 is 0 Å². The number of nitrogens with one attached hydrogen (secondary N) is 1. The minimum Gasteiger partial charge on any atom is -0.478 e. The third kappa shape index (κ3) is 3.28. The van der Waals surface area contributed by atoms with Crippen molar-refractivity contribution < 1.29 is 26.7 Å². The first-order chi connectivity index (χ1) is 11.8. The van der Waals surface area contributed by atoms with Crippen molar-refractivity contribution in [2.75, 3.05) is 32.9 Å². The molecule has 0 atom stereocenters. The van der Waals surface area contributed by atoms with Gasteiger partial charge in [-0.05, 0) is 25.1 Å². The standard InChI is InChI=1S/C14H20N4O6S2/c1-9-13(14(19)20)11-8-10(15-25(21,22)16(2)3)6-7-12(11)18(9)26(23,24)17(4)5/h6-8,15H,1-5H3,(H,19,20). The van der Waals surface area contributed by atoms with E-state index in [-0.39, 0.29) is 27.8 Å². The van der Waals surface area contributed by atoms with Crippen LogP contribution < -0.4 is 4.72 Å². The van der Waals surface area contributed by atoms with Crippen molar-refractivity contribution in [1.82, 2.24) is 12.6 Å². The number of anilines is 1. The summed E-state index contributed by atoms with van der Waals surface area (Å²) in [7, 11) is -2.41. The molecular formula is C14H20N4O6S2. The average molecular weight is 404 g/mol. The first kappa shape index (κ1) is 20.2. The Kier molecular flexibility index (Phi) is 5.07. The molecule has 144 valence electrons. The summed E-state index contributed by atoms with van der Waals surface area (Å²) in [5.74, 6) is -1.31. The van der Waals surface area contributed by atoms with E-state index in [2.05, 4.69) is 4.72 Å². The van der Waals surface area contributed by atoms with Crippen LogP contribution in [-0.4, -0.2) is 68.7 Å². The van der Waals surface area contributed by atoms with Crippen LogP contribution in [0.5, 0.6) is 0 Å². The lowest BCUT2D eigenvalue weighted by Gasteiger charge is -2.16. The molecule has 0 bridgehead atoms. The summed E-state index contributed by atoms with van der Waals surface area (Å²) < 4.78 is 54.3. The molecule has 26 heavy (non-hydrogen) atoms. The number of fused-ring (bicyclic) bond motifs is 1. The number of carbonyl (C=O) groups is 1. The average Bonchev–Trinajstić information content (AvgIpc) is 2.78. The van der Waals surface area contributed by atoms with Crippen LogP contribution in [0.3, 0.4) is 0 Å². The van der Waals surface area contributed by atoms with Gasteiger partial charge in [0.1, 0.15) is 0 Å². The van der Waals surface area contributed by atoms with Crippen LogP contribution in [-0.2, 0) is 20.4 Å². The number of aromatic carboxylic acids is 1. The molecule has 0 aliphatic heterocycles. The number of nitrogens with zero attached hydrogens (tertiary/aromatic N) is 3. The van der Waals surface area contributed by atoms with Gasteiger partial charge in [0.25, 0.3) is 0 Å². The third-order valence-corrected chi connectivity index (χ3v) is 7.09. The molecule has 0 aliphatic carbocycles. The minimum atomic E-state index is -3.97. The molecule has 0 saturated carbocycles. The molecular weight excluding hydrogens is 384 g/mol. The molecule has 1 aromatic heterocycles. The van der Waals surface area contributed by atoms with Crippen LogP contribution in [0.25, 0.3) is 10.9 Å². The number of hydrogen-bond donors (Lipinski definition) is 2. The maximum absolute atomic E-state index is 12.6. The molecule has 10 nitrogen and oxygen atoms in total. The Bertz CT molecular complexity index is 1080. The number of aromatic nitrogens is 1. The molecule has 1 aromatic carbocycles. The van der Waals surface area contributed by atoms with E-state index in [1.165, 1.54) is 53.3 Å². The van der Waals surface area contributed by atoms with E-state index in [4.69, 9.17) is 0 Å². The fraction of sp³-hybridized carbons (Fsp3) is 0.357. The summed E-state index contributed by atoms with van der Waals surface area (Å²) in [6.45, 7) is 1.38. The Balaban J connectivity index is 2.81. The second-order valence-corrected chi connectivity index (χ2v) is 9.82. The van der Waals surface area contributed by atoms with Gasteiger partial charge in [-0.1, -0.05) is 0 Å². The summed E-state index contributed by atoms with van der Waals surface area (Å²) in [5, 5.41) is 9.63. The summed E-state index contributed by atoms with van der Waals surface area (Å²) in [4.78, 5) is 11.7. The Hall–Kier alpha value is -2.15. The minimum absolute atomic E-state index is 0.0221. The molecule has 0 saturated heterocycles. The van der Waals surface area contributed by atoms with E-state index in [1.807, 2.05) is 0 Å². The highest BCUT2D eigenvalue weighted by atomic mass is 32.2. The van der Waals surface area contributed by atoms with Crippen molar-refractivity contribution in [2.45, 2.75) is 6.92 Å². The van der Waals surface area contributed by atoms with Gasteiger partial charge in [-0.2, -0.15) is 25.4 Å². The van der Waals surface area contributed by atoms with Crippen LogP contribution in [0.15, 0.2) is 18.2 Å². The lowest BCUT2D eigenvalue weighted by atomic mass is 10.1. The highest BCUT2D eigenvalue weighted by Gasteiger charge is 2.28. The Morgan fingerprint density at radius 2 is 1.65 bits per heavy atom. The molecule has 0 radical (unpaired) electrons. The fourth-order valence-electron chi connectivity index (χ4n) is 2.42. The van der Waals surface area contributed by atoms with E-state index in [0.717, 1.165) is 12.6 Å². The van der Waals surface area contributed by atoms with E-state index >= 15 is 0 Å². The molecule has 1 heterocycles. The Morgan fingerprint density at radius 1 is 1.08 bits per heavy atom. The molecule has 0 aliphatic rings. The van der Waals surface area contributed by atoms with E-state index in [0.29, 0.717) is 0 Å². The highest BCUT2D eigenvalue weighted by molar-refractivity contribution is 7.90. The molecule has 12 heteroatoms. The zero-order valence-corrected chi connectivity index (χ0v) is 16.5. The van der Waals surface area contributed by atoms with Crippen molar-refractivity contribution in [2.24, 2.45) is 0 Å². The van der Waals surface area contributed by atoms with Crippen LogP contribution in [0.4, 0.5) is 5.69 Å². The number of carboxylic acids is 1. The van der Waals surface area contributed by atoms with Gasteiger partial charge in [0, 0.05) is 39.3 Å². The first-order valence-electron chi connectivity index (χ1n) is 7.32. The monoisotopic (exact) mass is 404 g/mol. The number of rotatable bonds is 6. The third-order valence-electron chi connectivity index (χ3n) is 3.78. The van der Waals surface area contributed by atoms with Crippen molar-refractivity contribution in [3.8, 4) is 0 Å². The SMILES string of the molecule is Cc1c(C(=O)O)c2cc(NS(=O)(=O)N(C)C)ccc2n1S(=O)(=O)N(C)C. The second kappa shape index (κ2) is 6.54. The molecule has 0 unspecified atom stereocenters. The van der Waals surface area contributed by atoms with Gasteiger partial charge in [-0.25, -0.2) is 8.77 Å². The normalized spacial score (nSPS) is 12.9. The summed E-state index contributed by atoms with van der Waals surface area (Å²) in [6.07, 6.45) is 0. The highest BCUT2D eigenvalue weighted by Crippen LogP contribution is 2.31. The van der Waals surface area contributed by atoms with Crippen molar-refractivity contribution in [3.05, 3.63) is 29.5 Å². The molecule has 0 amide bonds. The van der Waals surface area contributed by atoms with Gasteiger partial charge in [0.05, 0.1) is 16.8 Å². The van der Waals surface area contributed by atoms with Gasteiger partial charge in [0.2, 0.25) is 0 Å². The van der Waals surface area contributed by atoms with Crippen LogP contribution in [0.1, 0.15) is 16.1 Å². The maximum atomic E-state index is 12.6. The van der Waals surface area contributed by atoms with Crippen molar-refractivity contribution >= 4 is 43.0 Å². The largest absolute Gasteiger partial charge is 0.478 e. The summed E-state index contributed by atoms with van der Waals surface area (Å²) in [6, 6.07) is 4.04. The van der Waals surface area contributed by atoms with E-state index in [1.54, 1.807) is 0 Å². The van der Waals surface area contributed by atoms with Crippen LogP contribution in [0, 0.1) is 6.92 Å². The topological polar surface area (TPSA) is 129 Å². The predicted molar refractivity (Wildman–Crippen MR) is 97.9 cm³/mol. The van der Waals surface area contributed by atoms with E-state index < -0.39 is 26.4 Å². The number of carboxylic acid groups (broad SMARTS) is 1. The second-order valence-electron chi connectivity index (χ2n) is 5.94. The fourth-order valence-corrected chi connectivity index (χ4v) is 4.20. The van der Waals surface area contributed by atoms with Gasteiger partial charge in [-0.3, -0.25) is 4.72 Å². The van der Waals surface area contributed by atoms with Gasteiger partial charge in [-0.15, -0.1) is 0 Å². The van der Waals surface area contributed by atoms with Crippen molar-refractivity contribution in [3.63, 3.8) is 0 Å². The lowest BCUT2D eigenvalue weighted by Crippen LogP contribution is -2.29. The Labute approximate surface area is 152 Å². The predicted octanol–water partition coefficient (Wildman–Crippen LogP) is 0.521. The van der Waals surface area contributed by atoms with Crippen molar-refractivity contribution in [1.29, 1.82) is 0 Å². The molecule has 0 spiro atoms.